The largest absolute Gasteiger partial charge is 0.294 e. The molecule has 0 aliphatic heterocycles. The fourth-order valence-electron chi connectivity index (χ4n) is 3.10. The van der Waals surface area contributed by atoms with Gasteiger partial charge in [0.1, 0.15) is 4.83 Å². The number of thiophene rings is 1. The maximum atomic E-state index is 13.2. The van der Waals surface area contributed by atoms with Gasteiger partial charge in [0.05, 0.1) is 18.3 Å². The van der Waals surface area contributed by atoms with Crippen molar-refractivity contribution in [3.8, 4) is 11.1 Å². The molecule has 4 rings (SSSR count). The van der Waals surface area contributed by atoms with Crippen molar-refractivity contribution in [1.82, 2.24) is 9.55 Å². The molecule has 2 heterocycles. The number of nitrogens with zero attached hydrogens (tertiary/aromatic N) is 2. The third-order valence-corrected chi connectivity index (χ3v) is 5.73. The van der Waals surface area contributed by atoms with E-state index in [0.29, 0.717) is 17.0 Å². The highest BCUT2D eigenvalue weighted by atomic mass is 35.5. The maximum absolute atomic E-state index is 13.2. The van der Waals surface area contributed by atoms with E-state index in [-0.39, 0.29) is 5.56 Å². The summed E-state index contributed by atoms with van der Waals surface area (Å²) in [7, 11) is 0. The Hall–Kier alpha value is -2.43. The van der Waals surface area contributed by atoms with E-state index in [1.807, 2.05) is 31.2 Å². The second-order valence-corrected chi connectivity index (χ2v) is 8.02. The van der Waals surface area contributed by atoms with Gasteiger partial charge in [-0.25, -0.2) is 4.98 Å². The Labute approximate surface area is 160 Å². The van der Waals surface area contributed by atoms with Crippen LogP contribution in [0.15, 0.2) is 59.7 Å². The van der Waals surface area contributed by atoms with Gasteiger partial charge in [0.15, 0.2) is 0 Å². The highest BCUT2D eigenvalue weighted by Crippen LogP contribution is 2.35. The summed E-state index contributed by atoms with van der Waals surface area (Å²) in [5.74, 6) is 0. The lowest BCUT2D eigenvalue weighted by molar-refractivity contribution is 0.749. The normalized spacial score (nSPS) is 11.2. The molecule has 2 aromatic heterocycles. The first-order chi connectivity index (χ1) is 12.5. The molecule has 0 bridgehead atoms. The lowest BCUT2D eigenvalue weighted by atomic mass is 10.0. The number of fused-ring (bicyclic) bond motifs is 1. The molecule has 0 unspecified atom stereocenters. The summed E-state index contributed by atoms with van der Waals surface area (Å²) in [6, 6.07) is 15.8. The summed E-state index contributed by atoms with van der Waals surface area (Å²) in [5.41, 5.74) is 4.26. The van der Waals surface area contributed by atoms with Gasteiger partial charge in [0.2, 0.25) is 0 Å². The van der Waals surface area contributed by atoms with Crippen LogP contribution in [-0.4, -0.2) is 9.55 Å². The molecular formula is C21H17ClN2OS. The molecule has 2 aromatic carbocycles. The van der Waals surface area contributed by atoms with Gasteiger partial charge in [0.25, 0.3) is 5.56 Å². The minimum atomic E-state index is -0.00937. The van der Waals surface area contributed by atoms with Gasteiger partial charge in [-0.15, -0.1) is 11.3 Å². The lowest BCUT2D eigenvalue weighted by Crippen LogP contribution is -2.21. The number of benzene rings is 2. The van der Waals surface area contributed by atoms with Crippen molar-refractivity contribution in [3.05, 3.63) is 86.2 Å². The molecule has 0 fully saturated rings. The molecule has 0 saturated heterocycles. The Morgan fingerprint density at radius 2 is 1.73 bits per heavy atom. The zero-order chi connectivity index (χ0) is 18.3. The van der Waals surface area contributed by atoms with Gasteiger partial charge in [-0.05, 0) is 37.1 Å². The van der Waals surface area contributed by atoms with Crippen LogP contribution < -0.4 is 5.56 Å². The van der Waals surface area contributed by atoms with Gasteiger partial charge in [-0.1, -0.05) is 53.6 Å². The summed E-state index contributed by atoms with van der Waals surface area (Å²) in [6.45, 7) is 4.58. The van der Waals surface area contributed by atoms with Crippen molar-refractivity contribution in [2.24, 2.45) is 0 Å². The fourth-order valence-corrected chi connectivity index (χ4v) is 4.23. The van der Waals surface area contributed by atoms with Crippen LogP contribution in [0.25, 0.3) is 21.3 Å². The topological polar surface area (TPSA) is 34.9 Å². The fraction of sp³-hybridized carbons (Fsp3) is 0.143. The molecule has 0 spiro atoms. The van der Waals surface area contributed by atoms with E-state index in [1.54, 1.807) is 22.2 Å². The predicted octanol–water partition coefficient (Wildman–Crippen LogP) is 5.44. The molecule has 0 saturated carbocycles. The minimum Gasteiger partial charge on any atom is -0.294 e. The van der Waals surface area contributed by atoms with Crippen LogP contribution in [0.1, 0.15) is 16.0 Å². The Morgan fingerprint density at radius 1 is 1.04 bits per heavy atom. The smallest absolute Gasteiger partial charge is 0.263 e. The number of hydrogen-bond donors (Lipinski definition) is 0. The summed E-state index contributed by atoms with van der Waals surface area (Å²) >= 11 is 7.51. The van der Waals surface area contributed by atoms with Gasteiger partial charge in [-0.2, -0.15) is 0 Å². The van der Waals surface area contributed by atoms with E-state index in [4.69, 9.17) is 11.6 Å². The van der Waals surface area contributed by atoms with Gasteiger partial charge >= 0.3 is 0 Å². The average molecular weight is 381 g/mol. The number of halogens is 1. The second kappa shape index (κ2) is 6.71. The van der Waals surface area contributed by atoms with E-state index in [2.05, 4.69) is 36.2 Å². The molecular weight excluding hydrogens is 364 g/mol. The number of rotatable bonds is 3. The van der Waals surface area contributed by atoms with Gasteiger partial charge in [0, 0.05) is 15.5 Å². The average Bonchev–Trinajstić information content (AvgIpc) is 2.97. The van der Waals surface area contributed by atoms with Crippen LogP contribution in [0.5, 0.6) is 0 Å². The molecule has 4 aromatic rings. The Kier molecular flexibility index (Phi) is 4.39. The van der Waals surface area contributed by atoms with Crippen molar-refractivity contribution in [2.75, 3.05) is 0 Å². The monoisotopic (exact) mass is 380 g/mol. The molecule has 3 nitrogen and oxygen atoms in total. The van der Waals surface area contributed by atoms with E-state index in [0.717, 1.165) is 26.4 Å². The summed E-state index contributed by atoms with van der Waals surface area (Å²) in [6.07, 6.45) is 1.63. The van der Waals surface area contributed by atoms with Crippen LogP contribution in [-0.2, 0) is 6.54 Å². The molecule has 0 radical (unpaired) electrons. The highest BCUT2D eigenvalue weighted by Gasteiger charge is 2.17. The zero-order valence-corrected chi connectivity index (χ0v) is 16.1. The zero-order valence-electron chi connectivity index (χ0n) is 14.5. The third kappa shape index (κ3) is 3.06. The van der Waals surface area contributed by atoms with Crippen LogP contribution in [0.4, 0.5) is 0 Å². The maximum Gasteiger partial charge on any atom is 0.263 e. The summed E-state index contributed by atoms with van der Waals surface area (Å²) in [5, 5.41) is 1.39. The third-order valence-electron chi connectivity index (χ3n) is 4.46. The van der Waals surface area contributed by atoms with E-state index >= 15 is 0 Å². The standard InChI is InChI=1S/C21H17ClN2OS/c1-13-3-7-16(8-4-13)18-14(2)26-20-19(18)21(25)24(12-23-20)11-15-5-9-17(22)10-6-15/h3-10,12H,11H2,1-2H3. The first-order valence-corrected chi connectivity index (χ1v) is 9.52. The summed E-state index contributed by atoms with van der Waals surface area (Å²) < 4.78 is 1.66. The van der Waals surface area contributed by atoms with E-state index in [9.17, 15) is 4.79 Å². The molecule has 130 valence electrons. The van der Waals surface area contributed by atoms with E-state index in [1.165, 1.54) is 5.56 Å². The Morgan fingerprint density at radius 3 is 2.42 bits per heavy atom. The molecule has 0 N–H and O–H groups in total. The van der Waals surface area contributed by atoms with Crippen molar-refractivity contribution in [2.45, 2.75) is 20.4 Å². The molecule has 26 heavy (non-hydrogen) atoms. The second-order valence-electron chi connectivity index (χ2n) is 6.38. The number of hydrogen-bond acceptors (Lipinski definition) is 3. The Balaban J connectivity index is 1.86. The predicted molar refractivity (Wildman–Crippen MR) is 109 cm³/mol. The quantitative estimate of drug-likeness (QED) is 0.474. The van der Waals surface area contributed by atoms with Crippen LogP contribution in [0, 0.1) is 13.8 Å². The van der Waals surface area contributed by atoms with Crippen LogP contribution in [0.2, 0.25) is 5.02 Å². The first-order valence-electron chi connectivity index (χ1n) is 8.33. The van der Waals surface area contributed by atoms with Gasteiger partial charge < -0.3 is 0 Å². The van der Waals surface area contributed by atoms with Crippen molar-refractivity contribution in [1.29, 1.82) is 0 Å². The van der Waals surface area contributed by atoms with Gasteiger partial charge in [-0.3, -0.25) is 9.36 Å². The van der Waals surface area contributed by atoms with E-state index < -0.39 is 0 Å². The van der Waals surface area contributed by atoms with Crippen LogP contribution >= 0.6 is 22.9 Å². The van der Waals surface area contributed by atoms with Crippen molar-refractivity contribution >= 4 is 33.2 Å². The molecule has 0 aliphatic carbocycles. The molecule has 0 atom stereocenters. The van der Waals surface area contributed by atoms with Crippen molar-refractivity contribution < 1.29 is 0 Å². The SMILES string of the molecule is Cc1ccc(-c2c(C)sc3ncn(Cc4ccc(Cl)cc4)c(=O)c23)cc1. The summed E-state index contributed by atoms with van der Waals surface area (Å²) in [4.78, 5) is 19.6. The lowest BCUT2D eigenvalue weighted by Gasteiger charge is -2.07. The number of aryl methyl sites for hydroxylation is 2. The first kappa shape index (κ1) is 17.0. The molecule has 5 heteroatoms. The highest BCUT2D eigenvalue weighted by molar-refractivity contribution is 7.19. The Bertz CT molecular complexity index is 1140. The van der Waals surface area contributed by atoms with Crippen LogP contribution in [0.3, 0.4) is 0 Å². The minimum absolute atomic E-state index is 0.00937. The molecule has 0 amide bonds. The molecule has 0 aliphatic rings. The van der Waals surface area contributed by atoms with Crippen molar-refractivity contribution in [3.63, 3.8) is 0 Å². The number of aromatic nitrogens is 2.